The Kier molecular flexibility index (Phi) is 5.30. The predicted octanol–water partition coefficient (Wildman–Crippen LogP) is 2.80. The Morgan fingerprint density at radius 1 is 1.30 bits per heavy atom. The number of imidazole rings is 1. The Balaban J connectivity index is 2.08. The van der Waals surface area contributed by atoms with E-state index in [-0.39, 0.29) is 0 Å². The standard InChI is InChI=1S/C16H24N4/c1-4-9-18-15(14-6-5-10-17-13(14)2)7-8-16-19-11-12-20(16)3/h5-6,10-12,15,18H,4,7-9H2,1-3H3. The van der Waals surface area contributed by atoms with Gasteiger partial charge in [-0.05, 0) is 37.9 Å². The van der Waals surface area contributed by atoms with E-state index >= 15 is 0 Å². The van der Waals surface area contributed by atoms with E-state index in [0.29, 0.717) is 6.04 Å². The van der Waals surface area contributed by atoms with Crippen LogP contribution in [0.3, 0.4) is 0 Å². The Morgan fingerprint density at radius 2 is 2.15 bits per heavy atom. The zero-order valence-corrected chi connectivity index (χ0v) is 12.6. The van der Waals surface area contributed by atoms with Gasteiger partial charge in [0.1, 0.15) is 5.82 Å². The molecule has 108 valence electrons. The minimum Gasteiger partial charge on any atom is -0.338 e. The van der Waals surface area contributed by atoms with Crippen molar-refractivity contribution in [3.63, 3.8) is 0 Å². The molecular weight excluding hydrogens is 248 g/mol. The first-order valence-electron chi connectivity index (χ1n) is 7.33. The molecule has 2 aromatic heterocycles. The van der Waals surface area contributed by atoms with E-state index in [1.165, 1.54) is 5.56 Å². The molecule has 0 amide bonds. The second-order valence-electron chi connectivity index (χ2n) is 5.18. The summed E-state index contributed by atoms with van der Waals surface area (Å²) in [4.78, 5) is 8.81. The molecule has 0 aromatic carbocycles. The zero-order valence-electron chi connectivity index (χ0n) is 12.6. The number of hydrogen-bond donors (Lipinski definition) is 1. The van der Waals surface area contributed by atoms with Crippen LogP contribution in [0.1, 0.15) is 42.9 Å². The third-order valence-corrected chi connectivity index (χ3v) is 3.64. The van der Waals surface area contributed by atoms with Crippen molar-refractivity contribution in [2.45, 2.75) is 39.2 Å². The van der Waals surface area contributed by atoms with Gasteiger partial charge >= 0.3 is 0 Å². The number of aromatic nitrogens is 3. The lowest BCUT2D eigenvalue weighted by molar-refractivity contribution is 0.488. The molecular formula is C16H24N4. The SMILES string of the molecule is CCCNC(CCc1nccn1C)c1cccnc1C. The third kappa shape index (κ3) is 3.67. The van der Waals surface area contributed by atoms with Crippen LogP contribution in [0.2, 0.25) is 0 Å². The van der Waals surface area contributed by atoms with Crippen molar-refractivity contribution >= 4 is 0 Å². The van der Waals surface area contributed by atoms with Crippen molar-refractivity contribution in [2.75, 3.05) is 6.54 Å². The largest absolute Gasteiger partial charge is 0.338 e. The fourth-order valence-electron chi connectivity index (χ4n) is 2.46. The lowest BCUT2D eigenvalue weighted by Gasteiger charge is -2.20. The normalized spacial score (nSPS) is 12.6. The highest BCUT2D eigenvalue weighted by molar-refractivity contribution is 5.22. The van der Waals surface area contributed by atoms with Gasteiger partial charge < -0.3 is 9.88 Å². The molecule has 2 aromatic rings. The molecule has 0 saturated carbocycles. The quantitative estimate of drug-likeness (QED) is 0.843. The zero-order chi connectivity index (χ0) is 14.4. The molecule has 0 saturated heterocycles. The van der Waals surface area contributed by atoms with Gasteiger partial charge in [-0.2, -0.15) is 0 Å². The minimum atomic E-state index is 0.348. The van der Waals surface area contributed by atoms with E-state index in [1.54, 1.807) is 0 Å². The van der Waals surface area contributed by atoms with Crippen LogP contribution in [-0.4, -0.2) is 21.1 Å². The van der Waals surface area contributed by atoms with Gasteiger partial charge in [0, 0.05) is 43.8 Å². The highest BCUT2D eigenvalue weighted by Gasteiger charge is 2.14. The Labute approximate surface area is 121 Å². The molecule has 0 aliphatic rings. The number of rotatable bonds is 7. The molecule has 1 N–H and O–H groups in total. The van der Waals surface area contributed by atoms with Gasteiger partial charge in [0.25, 0.3) is 0 Å². The average molecular weight is 272 g/mol. The van der Waals surface area contributed by atoms with E-state index < -0.39 is 0 Å². The van der Waals surface area contributed by atoms with Crippen molar-refractivity contribution in [3.05, 3.63) is 47.8 Å². The molecule has 1 atom stereocenters. The van der Waals surface area contributed by atoms with Gasteiger partial charge in [-0.1, -0.05) is 13.0 Å². The van der Waals surface area contributed by atoms with Gasteiger partial charge in [-0.15, -0.1) is 0 Å². The van der Waals surface area contributed by atoms with Crippen LogP contribution in [-0.2, 0) is 13.5 Å². The van der Waals surface area contributed by atoms with Crippen LogP contribution in [0.5, 0.6) is 0 Å². The van der Waals surface area contributed by atoms with Crippen molar-refractivity contribution in [2.24, 2.45) is 7.05 Å². The summed E-state index contributed by atoms with van der Waals surface area (Å²) in [6.07, 6.45) is 8.86. The Hall–Kier alpha value is -1.68. The summed E-state index contributed by atoms with van der Waals surface area (Å²) in [6, 6.07) is 4.54. The first kappa shape index (κ1) is 14.7. The number of aryl methyl sites for hydroxylation is 3. The Morgan fingerprint density at radius 3 is 2.80 bits per heavy atom. The van der Waals surface area contributed by atoms with Gasteiger partial charge in [-0.3, -0.25) is 4.98 Å². The van der Waals surface area contributed by atoms with E-state index in [1.807, 2.05) is 31.7 Å². The van der Waals surface area contributed by atoms with Crippen LogP contribution in [0, 0.1) is 6.92 Å². The molecule has 20 heavy (non-hydrogen) atoms. The molecule has 0 aliphatic carbocycles. The fourth-order valence-corrected chi connectivity index (χ4v) is 2.46. The highest BCUT2D eigenvalue weighted by atomic mass is 15.0. The smallest absolute Gasteiger partial charge is 0.108 e. The molecule has 0 bridgehead atoms. The molecule has 2 heterocycles. The maximum absolute atomic E-state index is 4.41. The summed E-state index contributed by atoms with van der Waals surface area (Å²) in [5.41, 5.74) is 2.41. The first-order valence-corrected chi connectivity index (χ1v) is 7.33. The van der Waals surface area contributed by atoms with Gasteiger partial charge in [0.2, 0.25) is 0 Å². The maximum atomic E-state index is 4.41. The molecule has 1 unspecified atom stereocenters. The molecule has 4 nitrogen and oxygen atoms in total. The molecule has 0 spiro atoms. The molecule has 4 heteroatoms. The molecule has 2 rings (SSSR count). The predicted molar refractivity (Wildman–Crippen MR) is 81.5 cm³/mol. The highest BCUT2D eigenvalue weighted by Crippen LogP contribution is 2.21. The maximum Gasteiger partial charge on any atom is 0.108 e. The second-order valence-corrected chi connectivity index (χ2v) is 5.18. The van der Waals surface area contributed by atoms with E-state index in [2.05, 4.69) is 39.8 Å². The summed E-state index contributed by atoms with van der Waals surface area (Å²) < 4.78 is 2.09. The molecule has 0 radical (unpaired) electrons. The fraction of sp³-hybridized carbons (Fsp3) is 0.500. The van der Waals surface area contributed by atoms with Crippen molar-refractivity contribution in [1.82, 2.24) is 19.9 Å². The topological polar surface area (TPSA) is 42.7 Å². The summed E-state index contributed by atoms with van der Waals surface area (Å²) in [5, 5.41) is 3.63. The van der Waals surface area contributed by atoms with Crippen LogP contribution in [0.4, 0.5) is 0 Å². The monoisotopic (exact) mass is 272 g/mol. The molecule has 0 aliphatic heterocycles. The van der Waals surface area contributed by atoms with E-state index in [0.717, 1.165) is 37.3 Å². The minimum absolute atomic E-state index is 0.348. The third-order valence-electron chi connectivity index (χ3n) is 3.64. The second kappa shape index (κ2) is 7.20. The summed E-state index contributed by atoms with van der Waals surface area (Å²) in [7, 11) is 2.05. The van der Waals surface area contributed by atoms with Crippen molar-refractivity contribution in [3.8, 4) is 0 Å². The van der Waals surface area contributed by atoms with Crippen molar-refractivity contribution < 1.29 is 0 Å². The van der Waals surface area contributed by atoms with Crippen LogP contribution < -0.4 is 5.32 Å². The van der Waals surface area contributed by atoms with Gasteiger partial charge in [0.15, 0.2) is 0 Å². The summed E-state index contributed by atoms with van der Waals surface area (Å²) in [5.74, 6) is 1.13. The van der Waals surface area contributed by atoms with E-state index in [4.69, 9.17) is 0 Å². The van der Waals surface area contributed by atoms with Crippen LogP contribution >= 0.6 is 0 Å². The number of pyridine rings is 1. The lowest BCUT2D eigenvalue weighted by Crippen LogP contribution is -2.24. The van der Waals surface area contributed by atoms with Gasteiger partial charge in [-0.25, -0.2) is 4.98 Å². The lowest BCUT2D eigenvalue weighted by atomic mass is 10.0. The first-order chi connectivity index (χ1) is 9.72. The van der Waals surface area contributed by atoms with Crippen LogP contribution in [0.15, 0.2) is 30.7 Å². The summed E-state index contributed by atoms with van der Waals surface area (Å²) in [6.45, 7) is 5.30. The molecule has 0 fully saturated rings. The van der Waals surface area contributed by atoms with Crippen LogP contribution in [0.25, 0.3) is 0 Å². The average Bonchev–Trinajstić information content (AvgIpc) is 2.86. The number of nitrogens with zero attached hydrogens (tertiary/aromatic N) is 3. The Bertz CT molecular complexity index is 533. The van der Waals surface area contributed by atoms with Gasteiger partial charge in [0.05, 0.1) is 0 Å². The van der Waals surface area contributed by atoms with E-state index in [9.17, 15) is 0 Å². The number of hydrogen-bond acceptors (Lipinski definition) is 3. The number of nitrogens with one attached hydrogen (secondary N) is 1. The summed E-state index contributed by atoms with van der Waals surface area (Å²) >= 11 is 0. The van der Waals surface area contributed by atoms with Crippen molar-refractivity contribution in [1.29, 1.82) is 0 Å².